The van der Waals surface area contributed by atoms with Crippen molar-refractivity contribution in [3.63, 3.8) is 0 Å². The number of hydrogen-bond donors (Lipinski definition) is 0. The molecule has 0 radical (unpaired) electrons. The van der Waals surface area contributed by atoms with E-state index in [2.05, 4.69) is 4.98 Å². The van der Waals surface area contributed by atoms with Gasteiger partial charge in [-0.1, -0.05) is 0 Å². The Morgan fingerprint density at radius 3 is 2.48 bits per heavy atom. The number of rotatable bonds is 4. The minimum absolute atomic E-state index is 0.121. The van der Waals surface area contributed by atoms with E-state index in [4.69, 9.17) is 16.3 Å². The minimum atomic E-state index is -4.38. The van der Waals surface area contributed by atoms with Crippen LogP contribution in [0.4, 0.5) is 13.2 Å². The van der Waals surface area contributed by atoms with Gasteiger partial charge in [0.05, 0.1) is 34.6 Å². The zero-order valence-electron chi connectivity index (χ0n) is 12.0. The van der Waals surface area contributed by atoms with Crippen molar-refractivity contribution >= 4 is 22.6 Å². The summed E-state index contributed by atoms with van der Waals surface area (Å²) in [5.74, 6) is 0.645. The molecular formula is C14H16ClF3N2O. The summed E-state index contributed by atoms with van der Waals surface area (Å²) in [6, 6.07) is 3.52. The van der Waals surface area contributed by atoms with Crippen molar-refractivity contribution in [2.45, 2.75) is 38.0 Å². The van der Waals surface area contributed by atoms with Gasteiger partial charge in [0.25, 0.3) is 0 Å². The van der Waals surface area contributed by atoms with Gasteiger partial charge >= 0.3 is 6.18 Å². The molecule has 0 saturated carbocycles. The molecule has 116 valence electrons. The predicted molar refractivity (Wildman–Crippen MR) is 75.4 cm³/mol. The Balaban J connectivity index is 2.55. The van der Waals surface area contributed by atoms with E-state index < -0.39 is 17.3 Å². The van der Waals surface area contributed by atoms with Crippen molar-refractivity contribution in [2.24, 2.45) is 0 Å². The molecule has 0 unspecified atom stereocenters. The molecule has 3 nitrogen and oxygen atoms in total. The third kappa shape index (κ3) is 3.32. The average molecular weight is 321 g/mol. The first kappa shape index (κ1) is 16.1. The molecule has 0 fully saturated rings. The van der Waals surface area contributed by atoms with Crippen LogP contribution in [-0.4, -0.2) is 22.3 Å². The monoisotopic (exact) mass is 320 g/mol. The van der Waals surface area contributed by atoms with Crippen LogP contribution in [0.15, 0.2) is 18.2 Å². The van der Waals surface area contributed by atoms with Gasteiger partial charge in [-0.25, -0.2) is 4.98 Å². The average Bonchev–Trinajstić information content (AvgIpc) is 2.74. The lowest BCUT2D eigenvalue weighted by Gasteiger charge is -2.24. The van der Waals surface area contributed by atoms with Crippen molar-refractivity contribution in [3.8, 4) is 0 Å². The number of methoxy groups -OCH3 is 1. The van der Waals surface area contributed by atoms with Crippen LogP contribution in [0.25, 0.3) is 11.0 Å². The third-order valence-corrected chi connectivity index (χ3v) is 3.60. The zero-order valence-corrected chi connectivity index (χ0v) is 12.7. The molecule has 0 amide bonds. The number of fused-ring (bicyclic) bond motifs is 1. The summed E-state index contributed by atoms with van der Waals surface area (Å²) in [6.45, 7) is 4.23. The smallest absolute Gasteiger partial charge is 0.377 e. The predicted octanol–water partition coefficient (Wildman–Crippen LogP) is 4.22. The Morgan fingerprint density at radius 1 is 1.29 bits per heavy atom. The molecule has 1 aromatic heterocycles. The number of halogens is 4. The van der Waals surface area contributed by atoms with E-state index in [1.807, 2.05) is 13.8 Å². The summed E-state index contributed by atoms with van der Waals surface area (Å²) in [6.07, 6.45) is -4.38. The first-order valence-electron chi connectivity index (χ1n) is 6.35. The second-order valence-electron chi connectivity index (χ2n) is 5.41. The summed E-state index contributed by atoms with van der Waals surface area (Å²) in [5.41, 5.74) is -0.292. The van der Waals surface area contributed by atoms with E-state index in [0.717, 1.165) is 12.1 Å². The van der Waals surface area contributed by atoms with E-state index in [1.165, 1.54) is 6.07 Å². The largest absolute Gasteiger partial charge is 0.416 e. The number of nitrogens with zero attached hydrogens (tertiary/aromatic N) is 2. The van der Waals surface area contributed by atoms with Gasteiger partial charge in [-0.15, -0.1) is 11.6 Å². The fourth-order valence-corrected chi connectivity index (χ4v) is 2.28. The van der Waals surface area contributed by atoms with E-state index in [1.54, 1.807) is 11.7 Å². The molecule has 1 heterocycles. The highest BCUT2D eigenvalue weighted by atomic mass is 35.5. The lowest BCUT2D eigenvalue weighted by Crippen LogP contribution is -2.29. The standard InChI is InChI=1S/C14H16ClF3N2O/c1-13(2,21-3)8-20-11-5-4-9(14(16,17)18)6-10(11)19-12(20)7-15/h4-6H,7-8H2,1-3H3. The number of benzene rings is 1. The molecule has 0 bridgehead atoms. The lowest BCUT2D eigenvalue weighted by molar-refractivity contribution is -0.137. The number of alkyl halides is 4. The van der Waals surface area contributed by atoms with Crippen LogP contribution < -0.4 is 0 Å². The molecule has 0 aliphatic carbocycles. The van der Waals surface area contributed by atoms with Crippen molar-refractivity contribution in [1.82, 2.24) is 9.55 Å². The quantitative estimate of drug-likeness (QED) is 0.789. The Hall–Kier alpha value is -1.27. The second-order valence-corrected chi connectivity index (χ2v) is 5.68. The van der Waals surface area contributed by atoms with E-state index >= 15 is 0 Å². The Kier molecular flexibility index (Phi) is 4.22. The summed E-state index contributed by atoms with van der Waals surface area (Å²) in [5, 5.41) is 0. The first-order valence-corrected chi connectivity index (χ1v) is 6.89. The van der Waals surface area contributed by atoms with Gasteiger partial charge in [0.1, 0.15) is 5.82 Å². The molecule has 0 aliphatic rings. The Bertz CT molecular complexity index is 649. The number of imidazole rings is 1. The fourth-order valence-electron chi connectivity index (χ4n) is 2.08. The van der Waals surface area contributed by atoms with Gasteiger partial charge in [0.2, 0.25) is 0 Å². The maximum absolute atomic E-state index is 12.8. The highest BCUT2D eigenvalue weighted by Gasteiger charge is 2.31. The summed E-state index contributed by atoms with van der Waals surface area (Å²) >= 11 is 5.86. The van der Waals surface area contributed by atoms with Crippen LogP contribution in [0.3, 0.4) is 0 Å². The van der Waals surface area contributed by atoms with Crippen LogP contribution in [-0.2, 0) is 23.3 Å². The van der Waals surface area contributed by atoms with Crippen LogP contribution in [0, 0.1) is 0 Å². The maximum Gasteiger partial charge on any atom is 0.416 e. The Labute approximate surface area is 125 Å². The van der Waals surface area contributed by atoms with Crippen LogP contribution in [0.1, 0.15) is 25.2 Å². The number of ether oxygens (including phenoxy) is 1. The molecule has 0 N–H and O–H groups in total. The maximum atomic E-state index is 12.8. The minimum Gasteiger partial charge on any atom is -0.377 e. The van der Waals surface area contributed by atoms with Gasteiger partial charge in [-0.2, -0.15) is 13.2 Å². The normalized spacial score (nSPS) is 13.1. The van der Waals surface area contributed by atoms with Crippen LogP contribution in [0.5, 0.6) is 0 Å². The van der Waals surface area contributed by atoms with Crippen LogP contribution in [0.2, 0.25) is 0 Å². The van der Waals surface area contributed by atoms with Gasteiger partial charge in [-0.3, -0.25) is 0 Å². The first-order chi connectivity index (χ1) is 9.68. The van der Waals surface area contributed by atoms with Gasteiger partial charge in [-0.05, 0) is 32.0 Å². The van der Waals surface area contributed by atoms with Crippen LogP contribution >= 0.6 is 11.6 Å². The summed E-state index contributed by atoms with van der Waals surface area (Å²) in [7, 11) is 1.58. The SMILES string of the molecule is COC(C)(C)Cn1c(CCl)nc2cc(C(F)(F)F)ccc21. The molecule has 2 rings (SSSR count). The van der Waals surface area contributed by atoms with Gasteiger partial charge in [0.15, 0.2) is 0 Å². The molecular weight excluding hydrogens is 305 g/mol. The summed E-state index contributed by atoms with van der Waals surface area (Å²) in [4.78, 5) is 4.20. The molecule has 2 aromatic rings. The van der Waals surface area contributed by atoms with Gasteiger partial charge < -0.3 is 9.30 Å². The molecule has 0 atom stereocenters. The second kappa shape index (κ2) is 5.50. The van der Waals surface area contributed by atoms with E-state index in [-0.39, 0.29) is 11.4 Å². The zero-order chi connectivity index (χ0) is 15.8. The van der Waals surface area contributed by atoms with Crippen molar-refractivity contribution in [2.75, 3.05) is 7.11 Å². The third-order valence-electron chi connectivity index (χ3n) is 3.37. The van der Waals surface area contributed by atoms with Crippen molar-refractivity contribution in [1.29, 1.82) is 0 Å². The molecule has 1 aromatic carbocycles. The van der Waals surface area contributed by atoms with Crippen molar-refractivity contribution < 1.29 is 17.9 Å². The lowest BCUT2D eigenvalue weighted by atomic mass is 10.1. The van der Waals surface area contributed by atoms with Crippen molar-refractivity contribution in [3.05, 3.63) is 29.6 Å². The number of hydrogen-bond acceptors (Lipinski definition) is 2. The summed E-state index contributed by atoms with van der Waals surface area (Å²) < 4.78 is 45.4. The topological polar surface area (TPSA) is 27.1 Å². The highest BCUT2D eigenvalue weighted by Crippen LogP contribution is 2.32. The Morgan fingerprint density at radius 2 is 1.95 bits per heavy atom. The molecule has 0 spiro atoms. The molecule has 0 saturated heterocycles. The molecule has 0 aliphatic heterocycles. The van der Waals surface area contributed by atoms with Gasteiger partial charge in [0, 0.05) is 7.11 Å². The van der Waals surface area contributed by atoms with E-state index in [9.17, 15) is 13.2 Å². The molecule has 7 heteroatoms. The van der Waals surface area contributed by atoms with E-state index in [0.29, 0.717) is 17.9 Å². The highest BCUT2D eigenvalue weighted by molar-refractivity contribution is 6.16. The fraction of sp³-hybridized carbons (Fsp3) is 0.500. The number of aromatic nitrogens is 2. The molecule has 21 heavy (non-hydrogen) atoms.